The first-order valence-electron chi connectivity index (χ1n) is 34.8. The molecule has 3 aliphatic rings. The summed E-state index contributed by atoms with van der Waals surface area (Å²) in [5.74, 6) is 3.25. The van der Waals surface area contributed by atoms with Gasteiger partial charge in [0.1, 0.15) is 22.8 Å². The molecule has 0 radical (unpaired) electrons. The van der Waals surface area contributed by atoms with Crippen molar-refractivity contribution < 1.29 is 23.2 Å². The van der Waals surface area contributed by atoms with Gasteiger partial charge in [-0.2, -0.15) is 0 Å². The molecule has 0 bridgehead atoms. The van der Waals surface area contributed by atoms with Crippen molar-refractivity contribution in [2.24, 2.45) is 0 Å². The number of aromatic nitrogens is 12. The zero-order valence-electron chi connectivity index (χ0n) is 57.8. The van der Waals surface area contributed by atoms with Crippen LogP contribution in [0.15, 0.2) is 239 Å². The normalized spacial score (nSPS) is 13.9. The predicted molar refractivity (Wildman–Crippen MR) is 411 cm³/mol. The Bertz CT molecular complexity index is 5360. The van der Waals surface area contributed by atoms with Gasteiger partial charge in [-0.3, -0.25) is 14.4 Å². The summed E-state index contributed by atoms with van der Waals surface area (Å²) in [6, 6.07) is 54.1. The van der Waals surface area contributed by atoms with E-state index in [0.29, 0.717) is 153 Å². The van der Waals surface area contributed by atoms with Crippen LogP contribution in [-0.4, -0.2) is 171 Å². The summed E-state index contributed by atoms with van der Waals surface area (Å²) in [4.78, 5) is 110. The first-order valence-corrected chi connectivity index (χ1v) is 36.5. The molecule has 0 spiro atoms. The average Bonchev–Trinajstić information content (AvgIpc) is 0.807. The van der Waals surface area contributed by atoms with E-state index in [2.05, 4.69) is 107 Å². The predicted octanol–water partition coefficient (Wildman–Crippen LogP) is 14.1. The van der Waals surface area contributed by atoms with E-state index in [9.17, 15) is 14.4 Å². The lowest BCUT2D eigenvalue weighted by molar-refractivity contribution is 0.0739. The van der Waals surface area contributed by atoms with Gasteiger partial charge in [-0.25, -0.2) is 59.8 Å². The molecule has 3 fully saturated rings. The highest BCUT2D eigenvalue weighted by Gasteiger charge is 2.29. The fraction of sp³-hybridized carbons (Fsp3) is 0.173. The second kappa shape index (κ2) is 30.6. The minimum absolute atomic E-state index is 0.00203. The van der Waals surface area contributed by atoms with E-state index in [4.69, 9.17) is 38.7 Å². The molecule has 10 aromatic heterocycles. The highest BCUT2D eigenvalue weighted by atomic mass is 32.1. The maximum Gasteiger partial charge on any atom is 0.254 e. The van der Waals surface area contributed by atoms with Crippen LogP contribution in [0.1, 0.15) is 42.2 Å². The molecule has 0 N–H and O–H groups in total. The van der Waals surface area contributed by atoms with Gasteiger partial charge in [0, 0.05) is 144 Å². The summed E-state index contributed by atoms with van der Waals surface area (Å²) >= 11 is 3.29. The molecule has 0 unspecified atom stereocenters. The maximum absolute atomic E-state index is 13.4. The summed E-state index contributed by atoms with van der Waals surface area (Å²) in [5, 5.41) is 4.09. The van der Waals surface area contributed by atoms with E-state index in [-0.39, 0.29) is 17.7 Å². The minimum Gasteiger partial charge on any atom is -0.463 e. The number of carbonyl (C=O) groups is 3. The van der Waals surface area contributed by atoms with Crippen LogP contribution in [-0.2, 0) is 0 Å². The molecule has 15 aromatic rings. The fourth-order valence-electron chi connectivity index (χ4n) is 13.1. The van der Waals surface area contributed by atoms with Crippen LogP contribution in [0.25, 0.3) is 99.7 Å². The Morgan fingerprint density at radius 1 is 0.321 bits per heavy atom. The van der Waals surface area contributed by atoms with Crippen LogP contribution in [0, 0.1) is 13.8 Å². The van der Waals surface area contributed by atoms with E-state index in [1.54, 1.807) is 115 Å². The highest BCUT2D eigenvalue weighted by molar-refractivity contribution is 7.14. The zero-order valence-corrected chi connectivity index (χ0v) is 59.5. The SMILES string of the molecule is Cc1cccc(-c2nc3ccc(C(=O)N4CCN(c5ncccn5)CC4)cc3nc2-c2cccc(C)c2)c1.O=C(c1ccc2nc(-c3ccco3)c(-c3ccco3)nc2c1)N1CCN(c2ncccn2)CC1.O=C(c1ccc2nc(-c3cccs3)c(-c3cccs3)nc2c1)N1CCN(c2ncccn2)CC1. The Hall–Kier alpha value is -12.9. The fourth-order valence-corrected chi connectivity index (χ4v) is 14.6. The van der Waals surface area contributed by atoms with Crippen molar-refractivity contribution in [1.82, 2.24) is 74.5 Å². The van der Waals surface area contributed by atoms with Crippen molar-refractivity contribution in [2.45, 2.75) is 13.8 Å². The first kappa shape index (κ1) is 67.6. The second-order valence-electron chi connectivity index (χ2n) is 25.5. The molecular weight excluding hydrogens is 1370 g/mol. The second-order valence-corrected chi connectivity index (χ2v) is 27.4. The molecule has 13 heterocycles. The Kier molecular flexibility index (Phi) is 19.5. The monoisotopic (exact) mass is 1440 g/mol. The summed E-state index contributed by atoms with van der Waals surface area (Å²) < 4.78 is 11.2. The van der Waals surface area contributed by atoms with Crippen LogP contribution in [0.2, 0.25) is 0 Å². The van der Waals surface area contributed by atoms with E-state index < -0.39 is 0 Å². The van der Waals surface area contributed by atoms with Crippen LogP contribution >= 0.6 is 22.7 Å². The van der Waals surface area contributed by atoms with Gasteiger partial charge in [0.2, 0.25) is 17.8 Å². The Morgan fingerprint density at radius 2 is 0.651 bits per heavy atom. The third-order valence-electron chi connectivity index (χ3n) is 18.5. The van der Waals surface area contributed by atoms with E-state index in [1.165, 1.54) is 5.56 Å². The van der Waals surface area contributed by atoms with Crippen molar-refractivity contribution in [3.05, 3.63) is 258 Å². The van der Waals surface area contributed by atoms with Crippen molar-refractivity contribution in [2.75, 3.05) is 93.2 Å². The molecule has 3 aliphatic heterocycles. The van der Waals surface area contributed by atoms with Crippen molar-refractivity contribution in [1.29, 1.82) is 0 Å². The molecule has 0 atom stereocenters. The van der Waals surface area contributed by atoms with Gasteiger partial charge in [0.15, 0.2) is 11.5 Å². The molecule has 5 aromatic carbocycles. The lowest BCUT2D eigenvalue weighted by atomic mass is 10.0. The number of aryl methyl sites for hydroxylation is 2. The van der Waals surface area contributed by atoms with Crippen LogP contribution in [0.4, 0.5) is 17.8 Å². The van der Waals surface area contributed by atoms with Gasteiger partial charge in [0.25, 0.3) is 17.7 Å². The van der Waals surface area contributed by atoms with Gasteiger partial charge in [-0.1, -0.05) is 59.7 Å². The smallest absolute Gasteiger partial charge is 0.254 e. The molecule has 18 rings (SSSR count). The van der Waals surface area contributed by atoms with Crippen LogP contribution in [0.3, 0.4) is 0 Å². The van der Waals surface area contributed by atoms with E-state index >= 15 is 0 Å². The molecular formula is C81H68N18O5S2. The Morgan fingerprint density at radius 3 is 0.981 bits per heavy atom. The number of thiophene rings is 2. The topological polar surface area (TPSA) is 252 Å². The molecule has 3 amide bonds. The molecule has 524 valence electrons. The van der Waals surface area contributed by atoms with Gasteiger partial charge in [0.05, 0.1) is 66.8 Å². The Balaban J connectivity index is 0.000000122. The van der Waals surface area contributed by atoms with Crippen LogP contribution in [0.5, 0.6) is 0 Å². The Labute approximate surface area is 617 Å². The number of anilines is 3. The standard InChI is InChI=1S/C31H28N6O.C25H20N6O3.C25H20N6OS2/c1-21-6-3-8-23(18-21)28-29(24-9-4-7-22(2)19-24)35-27-20-25(10-11-26(27)34-28)30(38)36-14-16-37(17-15-36)31-32-12-5-13-33-31;2*32-24(30-10-12-31(13-11-30)25-26-8-3-9-27-25)17-6-7-18-19(16-17)29-23(21-5-2-15-34-21)22(28-18)20-4-1-14-33-20/h3-13,18-20H,14-17H2,1-2H3;2*1-9,14-16H,10-13H2. The summed E-state index contributed by atoms with van der Waals surface area (Å²) in [5.41, 5.74) is 15.0. The van der Waals surface area contributed by atoms with Gasteiger partial charge in [-0.05, 0) is 146 Å². The number of piperazine rings is 3. The lowest BCUT2D eigenvalue weighted by Crippen LogP contribution is -2.49. The molecule has 23 nitrogen and oxygen atoms in total. The van der Waals surface area contributed by atoms with E-state index in [0.717, 1.165) is 65.8 Å². The minimum atomic E-state index is -0.0352. The number of furan rings is 2. The third-order valence-corrected chi connectivity index (χ3v) is 20.3. The van der Waals surface area contributed by atoms with Gasteiger partial charge >= 0.3 is 0 Å². The van der Waals surface area contributed by atoms with Crippen molar-refractivity contribution in [3.63, 3.8) is 0 Å². The largest absolute Gasteiger partial charge is 0.463 e. The van der Waals surface area contributed by atoms with Crippen LogP contribution < -0.4 is 14.7 Å². The van der Waals surface area contributed by atoms with Crippen molar-refractivity contribution >= 4 is 91.3 Å². The number of amides is 3. The highest BCUT2D eigenvalue weighted by Crippen LogP contribution is 2.38. The average molecular weight is 1440 g/mol. The van der Waals surface area contributed by atoms with E-state index in [1.807, 2.05) is 104 Å². The quantitative estimate of drug-likeness (QED) is 0.110. The van der Waals surface area contributed by atoms with Gasteiger partial charge < -0.3 is 38.2 Å². The number of hydrogen-bond acceptors (Lipinski definition) is 22. The number of nitrogens with zero attached hydrogens (tertiary/aromatic N) is 18. The summed E-state index contributed by atoms with van der Waals surface area (Å²) in [6.07, 6.45) is 13.6. The summed E-state index contributed by atoms with van der Waals surface area (Å²) in [6.45, 7) is 12.0. The summed E-state index contributed by atoms with van der Waals surface area (Å²) in [7, 11) is 0. The third kappa shape index (κ3) is 14.7. The molecule has 0 saturated carbocycles. The number of hydrogen-bond donors (Lipinski definition) is 0. The zero-order chi connectivity index (χ0) is 71.9. The first-order chi connectivity index (χ1) is 52.1. The number of carbonyl (C=O) groups excluding carboxylic acids is 3. The van der Waals surface area contributed by atoms with Crippen molar-refractivity contribution in [3.8, 4) is 66.6 Å². The molecule has 0 aliphatic carbocycles. The molecule has 106 heavy (non-hydrogen) atoms. The molecule has 3 saturated heterocycles. The number of fused-ring (bicyclic) bond motifs is 3. The van der Waals surface area contributed by atoms with Gasteiger partial charge in [-0.15, -0.1) is 22.7 Å². The lowest BCUT2D eigenvalue weighted by Gasteiger charge is -2.34. The number of rotatable bonds is 12. The maximum atomic E-state index is 13.4. The number of benzene rings is 5. The molecule has 25 heteroatoms.